The van der Waals surface area contributed by atoms with Gasteiger partial charge in [-0.25, -0.2) is 18.1 Å². The van der Waals surface area contributed by atoms with E-state index in [0.717, 1.165) is 68.1 Å². The largest absolute Gasteiger partial charge is 0.455 e. The van der Waals surface area contributed by atoms with Crippen molar-refractivity contribution in [2.45, 2.75) is 81.0 Å². The van der Waals surface area contributed by atoms with Gasteiger partial charge in [0.2, 0.25) is 11.8 Å². The summed E-state index contributed by atoms with van der Waals surface area (Å²) < 4.78 is 42.3. The third-order valence-electron chi connectivity index (χ3n) is 15.8. The van der Waals surface area contributed by atoms with Gasteiger partial charge in [0.15, 0.2) is 0 Å². The van der Waals surface area contributed by atoms with Crippen molar-refractivity contribution >= 4 is 96.6 Å². The molecule has 0 bridgehead atoms. The topological polar surface area (TPSA) is 277 Å². The molecule has 2 unspecified atom stereocenters. The zero-order valence-electron chi connectivity index (χ0n) is 47.2. The molecule has 2 saturated heterocycles. The molecule has 5 amide bonds. The minimum Gasteiger partial charge on any atom is -0.455 e. The molecule has 0 radical (unpaired) electrons. The zero-order chi connectivity index (χ0) is 59.8. The molecule has 5 heterocycles. The van der Waals surface area contributed by atoms with Gasteiger partial charge in [0, 0.05) is 91.3 Å². The standard InChI is InChI=1S/C61H69ClN10O11S2/c1-61(2)21-19-41(48(33-61)39-9-11-42(62)12-10-39)35-63-23-24-64-43-13-15-46(52(31-43)83-44-30-40-20-22-65-56(40)67-36-44)57(74)69-85(80,81)45-14-16-49(51(32-45)72(78)79)66-34-38-6-4-25-70(37-38)26-28-82-27-5-29-84-53-8-3-7-47-55(53)60(77)71(59(47)76)50-17-18-54(73)68-58(50)75/h3,7-16,20,22,30-32,36,38,50,63-64,66,78-79H,4-6,17-19,21,23-29,33-35,37H2,1-2H3,(H,65,67)(H,69,74)(H,68,73,75). The maximum absolute atomic E-state index is 14.0. The number of likely N-dealkylation sites (tertiary alicyclic amines) is 1. The molecule has 4 aromatic carbocycles. The molecule has 21 nitrogen and oxygen atoms in total. The van der Waals surface area contributed by atoms with Gasteiger partial charge >= 0.3 is 0 Å². The first kappa shape index (κ1) is 60.8. The monoisotopic (exact) mass is 1220 g/mol. The number of anilines is 3. The van der Waals surface area contributed by atoms with Crippen LogP contribution in [0.15, 0.2) is 119 Å². The quantitative estimate of drug-likeness (QED) is 0.0115. The number of rotatable bonds is 25. The minimum absolute atomic E-state index is 0.0485. The fraction of sp³-hybridized carbons (Fsp3) is 0.377. The van der Waals surface area contributed by atoms with Crippen molar-refractivity contribution in [2.24, 2.45) is 11.3 Å². The number of aromatic amines is 1. The number of H-pyrrole nitrogens is 1. The average Bonchev–Trinajstić information content (AvgIpc) is 3.61. The van der Waals surface area contributed by atoms with Crippen molar-refractivity contribution in [3.63, 3.8) is 0 Å². The molecule has 10 rings (SSSR count). The van der Waals surface area contributed by atoms with Crippen LogP contribution in [0, 0.1) is 11.3 Å². The number of allylic oxidation sites excluding steroid dienone is 1. The highest BCUT2D eigenvalue weighted by atomic mass is 35.5. The number of nitrogens with one attached hydrogen (secondary N) is 6. The summed E-state index contributed by atoms with van der Waals surface area (Å²) >= 11 is 7.66. The third kappa shape index (κ3) is 14.8. The number of nitrogens with zero attached hydrogens (tertiary/aromatic N) is 4. The van der Waals surface area contributed by atoms with Crippen LogP contribution in [0.3, 0.4) is 0 Å². The van der Waals surface area contributed by atoms with E-state index in [2.05, 4.69) is 66.8 Å². The molecule has 6 aromatic rings. The van der Waals surface area contributed by atoms with Crippen molar-refractivity contribution in [1.29, 1.82) is 0 Å². The van der Waals surface area contributed by atoms with Gasteiger partial charge in [-0.2, -0.15) is 0 Å². The Morgan fingerprint density at radius 2 is 1.78 bits per heavy atom. The van der Waals surface area contributed by atoms with Crippen LogP contribution in [0.4, 0.5) is 17.1 Å². The summed E-state index contributed by atoms with van der Waals surface area (Å²) in [5.41, 5.74) is 5.81. The van der Waals surface area contributed by atoms with E-state index in [0.29, 0.717) is 78.6 Å². The SMILES string of the molecule is CC1(C)CCC(CNCCNc2ccc(C(=O)NS(=O)(=O)c3ccc(NCC4CCCN(CCOCCCSc5cccc6c5C(=O)N(C5CCC(=O)NC5=O)C6=O)C4)c(N(O)O)c3)c(Oc3cnc4[nH]ccc4c3)c2)=C(c2ccc(Cl)cc2)C1. The second-order valence-corrected chi connectivity index (χ2v) is 25.7. The molecule has 4 aliphatic rings. The van der Waals surface area contributed by atoms with Gasteiger partial charge < -0.3 is 35.3 Å². The number of hydrogen-bond donors (Lipinski definition) is 8. The minimum atomic E-state index is -4.59. The van der Waals surface area contributed by atoms with Crippen LogP contribution >= 0.6 is 23.4 Å². The lowest BCUT2D eigenvalue weighted by atomic mass is 9.72. The Hall–Kier alpha value is -7.35. The summed E-state index contributed by atoms with van der Waals surface area (Å²) in [7, 11) is -4.59. The second kappa shape index (κ2) is 26.9. The number of imide groups is 2. The van der Waals surface area contributed by atoms with Crippen LogP contribution in [-0.4, -0.2) is 139 Å². The molecular formula is C61H69ClN10O11S2. The van der Waals surface area contributed by atoms with Gasteiger partial charge in [-0.1, -0.05) is 49.2 Å². The maximum Gasteiger partial charge on any atom is 0.268 e. The van der Waals surface area contributed by atoms with Crippen LogP contribution < -0.4 is 36.0 Å². The van der Waals surface area contributed by atoms with E-state index >= 15 is 0 Å². The van der Waals surface area contributed by atoms with Crippen LogP contribution in [0.5, 0.6) is 11.5 Å². The Labute approximate surface area is 502 Å². The Morgan fingerprint density at radius 3 is 2.59 bits per heavy atom. The van der Waals surface area contributed by atoms with Crippen molar-refractivity contribution < 1.29 is 52.3 Å². The van der Waals surface area contributed by atoms with Crippen molar-refractivity contribution in [1.82, 2.24) is 35.1 Å². The number of carbonyl (C=O) groups is 5. The summed E-state index contributed by atoms with van der Waals surface area (Å²) in [6.45, 7) is 10.2. The highest BCUT2D eigenvalue weighted by Gasteiger charge is 2.45. The Morgan fingerprint density at radius 1 is 0.941 bits per heavy atom. The summed E-state index contributed by atoms with van der Waals surface area (Å²) in [6.07, 6.45) is 8.94. The van der Waals surface area contributed by atoms with Gasteiger partial charge in [0.1, 0.15) is 28.9 Å². The number of piperidine rings is 2. The Balaban J connectivity index is 0.705. The lowest BCUT2D eigenvalue weighted by molar-refractivity contribution is -0.136. The molecule has 2 fully saturated rings. The Bertz CT molecular complexity index is 3630. The van der Waals surface area contributed by atoms with Crippen LogP contribution in [-0.2, 0) is 24.3 Å². The lowest BCUT2D eigenvalue weighted by Gasteiger charge is -2.34. The maximum atomic E-state index is 14.0. The number of hydrogen-bond acceptors (Lipinski definition) is 18. The first-order valence-electron chi connectivity index (χ1n) is 28.5. The molecule has 448 valence electrons. The summed E-state index contributed by atoms with van der Waals surface area (Å²) in [5, 5.41) is 34.4. The number of thioether (sulfide) groups is 1. The fourth-order valence-corrected chi connectivity index (χ4v) is 13.4. The van der Waals surface area contributed by atoms with Crippen molar-refractivity contribution in [3.8, 4) is 11.5 Å². The first-order valence-corrected chi connectivity index (χ1v) is 31.3. The molecule has 1 aliphatic carbocycles. The molecule has 2 aromatic heterocycles. The molecule has 3 aliphatic heterocycles. The first-order chi connectivity index (χ1) is 40.9. The number of carbonyl (C=O) groups excluding carboxylic acids is 5. The van der Waals surface area contributed by atoms with E-state index in [4.69, 9.17) is 21.1 Å². The van der Waals surface area contributed by atoms with Gasteiger partial charge in [-0.15, -0.1) is 17.0 Å². The molecule has 0 saturated carbocycles. The van der Waals surface area contributed by atoms with Gasteiger partial charge in [-0.3, -0.25) is 44.6 Å². The number of sulfonamides is 1. The summed E-state index contributed by atoms with van der Waals surface area (Å²) in [5.74, 6) is -1.96. The van der Waals surface area contributed by atoms with Gasteiger partial charge in [0.25, 0.3) is 27.7 Å². The van der Waals surface area contributed by atoms with Gasteiger partial charge in [0.05, 0.1) is 40.1 Å². The zero-order valence-corrected chi connectivity index (χ0v) is 49.6. The Kier molecular flexibility index (Phi) is 19.2. The number of pyridine rings is 1. The van der Waals surface area contributed by atoms with E-state index in [1.165, 1.54) is 52.9 Å². The predicted octanol–water partition coefficient (Wildman–Crippen LogP) is 9.10. The molecule has 24 heteroatoms. The average molecular weight is 1220 g/mol. The summed E-state index contributed by atoms with van der Waals surface area (Å²) in [4.78, 5) is 75.9. The number of halogens is 1. The van der Waals surface area contributed by atoms with Crippen molar-refractivity contribution in [2.75, 3.05) is 80.6 Å². The van der Waals surface area contributed by atoms with Gasteiger partial charge in [-0.05, 0) is 141 Å². The highest BCUT2D eigenvalue weighted by molar-refractivity contribution is 7.99. The smallest absolute Gasteiger partial charge is 0.268 e. The second-order valence-electron chi connectivity index (χ2n) is 22.5. The van der Waals surface area contributed by atoms with E-state index < -0.39 is 50.5 Å². The number of ether oxygens (including phenoxy) is 2. The number of aromatic nitrogens is 2. The fourth-order valence-electron chi connectivity index (χ4n) is 11.3. The summed E-state index contributed by atoms with van der Waals surface area (Å²) in [6, 6.07) is 24.2. The van der Waals surface area contributed by atoms with E-state index in [9.17, 15) is 42.8 Å². The molecule has 85 heavy (non-hydrogen) atoms. The van der Waals surface area contributed by atoms with E-state index in [1.807, 2.05) is 18.2 Å². The van der Waals surface area contributed by atoms with Crippen LogP contribution in [0.2, 0.25) is 5.02 Å². The normalized spacial score (nSPS) is 18.2. The van der Waals surface area contributed by atoms with Crippen LogP contribution in [0.1, 0.15) is 102 Å². The number of fused-ring (bicyclic) bond motifs is 2. The van der Waals surface area contributed by atoms with Crippen molar-refractivity contribution in [3.05, 3.63) is 136 Å². The van der Waals surface area contributed by atoms with Crippen LogP contribution in [0.25, 0.3) is 16.6 Å². The molecule has 2 atom stereocenters. The molecule has 0 spiro atoms. The molecular weight excluding hydrogens is 1150 g/mol. The third-order valence-corrected chi connectivity index (χ3v) is 18.5. The molecule has 8 N–H and O–H groups in total. The lowest BCUT2D eigenvalue weighted by Crippen LogP contribution is -2.54. The van der Waals surface area contributed by atoms with E-state index in [-0.39, 0.29) is 63.2 Å². The number of amides is 5. The van der Waals surface area contributed by atoms with E-state index in [1.54, 1.807) is 42.6 Å². The number of benzene rings is 4. The predicted molar refractivity (Wildman–Crippen MR) is 324 cm³/mol. The highest BCUT2D eigenvalue weighted by Crippen LogP contribution is 2.43.